The van der Waals surface area contributed by atoms with Crippen molar-refractivity contribution in [1.82, 2.24) is 34.9 Å². The molecule has 2 aliphatic heterocycles. The molecule has 9 heterocycles. The average Bonchev–Trinajstić information content (AvgIpc) is 3.84. The Bertz CT molecular complexity index is 3000. The number of hydrogen-bond acceptors (Lipinski definition) is 11. The standard InChI is InChI=1S/C57H45N11Si/c1-38-30-54-55(31-39(38)2)66(44-20-24-51(62-35-44)48-16-8-11-27-58-48)69(65(54)43-19-23-47(61-34-43)42-14-6-5-7-15-42)67(45-21-25-52(63-36-45)49-17-9-12-28-59-49)56-32-40(3)41(4)33-57(56)68(69)46-22-26-53(64-37-46)50-18-10-13-29-60-50/h5-37H,1-4H3. The molecule has 7 aromatic heterocycles. The molecule has 12 rings (SSSR count). The normalized spacial score (nSPS) is 13.5. The van der Waals surface area contributed by atoms with Crippen LogP contribution in [0.3, 0.4) is 0 Å². The van der Waals surface area contributed by atoms with Gasteiger partial charge in [0.25, 0.3) is 0 Å². The van der Waals surface area contributed by atoms with Crippen LogP contribution in [0.4, 0.5) is 45.5 Å². The van der Waals surface area contributed by atoms with E-state index in [4.69, 9.17) is 19.9 Å². The number of rotatable bonds is 8. The zero-order valence-electron chi connectivity index (χ0n) is 38.5. The second-order valence-corrected chi connectivity index (χ2v) is 20.4. The van der Waals surface area contributed by atoms with Gasteiger partial charge in [0.2, 0.25) is 0 Å². The van der Waals surface area contributed by atoms with Gasteiger partial charge in [-0.15, -0.1) is 0 Å². The van der Waals surface area contributed by atoms with Crippen molar-refractivity contribution in [3.05, 3.63) is 223 Å². The van der Waals surface area contributed by atoms with Gasteiger partial charge in [0.1, 0.15) is 0 Å². The predicted molar refractivity (Wildman–Crippen MR) is 278 cm³/mol. The number of aromatic nitrogens is 7. The van der Waals surface area contributed by atoms with E-state index in [0.717, 1.165) is 90.9 Å². The Kier molecular flexibility index (Phi) is 10.1. The van der Waals surface area contributed by atoms with Crippen molar-refractivity contribution >= 4 is 54.2 Å². The third-order valence-corrected chi connectivity index (χ3v) is 17.6. The Hall–Kier alpha value is -8.87. The van der Waals surface area contributed by atoms with Crippen LogP contribution in [0.5, 0.6) is 0 Å². The summed E-state index contributed by atoms with van der Waals surface area (Å²) < 4.78 is 10.2. The van der Waals surface area contributed by atoms with E-state index in [1.165, 1.54) is 22.3 Å². The minimum Gasteiger partial charge on any atom is -0.312 e. The Morgan fingerprint density at radius 1 is 0.290 bits per heavy atom. The molecule has 0 fully saturated rings. The molecule has 10 aromatic rings. The van der Waals surface area contributed by atoms with Gasteiger partial charge >= 0.3 is 8.72 Å². The van der Waals surface area contributed by atoms with Crippen molar-refractivity contribution < 1.29 is 0 Å². The van der Waals surface area contributed by atoms with Gasteiger partial charge in [0.05, 0.1) is 110 Å². The molecule has 11 nitrogen and oxygen atoms in total. The first-order valence-corrected chi connectivity index (χ1v) is 24.7. The van der Waals surface area contributed by atoms with Gasteiger partial charge in [-0.05, 0) is 159 Å². The summed E-state index contributed by atoms with van der Waals surface area (Å²) in [4.78, 5) is 34.8. The van der Waals surface area contributed by atoms with Crippen LogP contribution in [0.25, 0.3) is 45.4 Å². The van der Waals surface area contributed by atoms with Crippen LogP contribution >= 0.6 is 0 Å². The van der Waals surface area contributed by atoms with Crippen LogP contribution in [0.2, 0.25) is 0 Å². The summed E-state index contributed by atoms with van der Waals surface area (Å²) in [5.41, 5.74) is 19.2. The first-order valence-electron chi connectivity index (χ1n) is 22.9. The molecule has 0 radical (unpaired) electrons. The highest BCUT2D eigenvalue weighted by Gasteiger charge is 2.70. The number of fused-ring (bicyclic) bond motifs is 2. The molecular formula is C57H45N11Si. The fourth-order valence-electron chi connectivity index (χ4n) is 9.63. The van der Waals surface area contributed by atoms with Crippen molar-refractivity contribution in [1.29, 1.82) is 0 Å². The SMILES string of the molecule is Cc1cc2c(cc1C)N(c1ccc(-c3ccccn3)nc1)[Si]1(N2c2ccc(-c3ccccc3)nc2)N(c2ccc(-c3ccccn3)nc2)c2cc(C)c(C)cc2N1c1ccc(-c2ccccn2)nc1. The molecule has 3 aromatic carbocycles. The van der Waals surface area contributed by atoms with Crippen LogP contribution in [0.1, 0.15) is 22.3 Å². The van der Waals surface area contributed by atoms with Crippen LogP contribution in [0, 0.1) is 27.7 Å². The van der Waals surface area contributed by atoms with Crippen LogP contribution in [-0.4, -0.2) is 43.6 Å². The summed E-state index contributed by atoms with van der Waals surface area (Å²) in [6, 6.07) is 54.6. The quantitative estimate of drug-likeness (QED) is 0.136. The van der Waals surface area contributed by atoms with E-state index in [1.54, 1.807) is 18.6 Å². The molecule has 0 atom stereocenters. The molecule has 0 amide bonds. The van der Waals surface area contributed by atoms with E-state index < -0.39 is 8.72 Å². The highest BCUT2D eigenvalue weighted by atomic mass is 28.4. The molecule has 1 spiro atoms. The Labute approximate surface area is 402 Å². The zero-order valence-corrected chi connectivity index (χ0v) is 39.5. The second-order valence-electron chi connectivity index (χ2n) is 17.4. The number of hydrogen-bond donors (Lipinski definition) is 0. The lowest BCUT2D eigenvalue weighted by molar-refractivity contribution is 1.14. The minimum atomic E-state index is -3.91. The van der Waals surface area contributed by atoms with Crippen LogP contribution in [-0.2, 0) is 0 Å². The zero-order chi connectivity index (χ0) is 46.6. The van der Waals surface area contributed by atoms with E-state index >= 15 is 0 Å². The first-order chi connectivity index (χ1) is 33.9. The van der Waals surface area contributed by atoms with E-state index in [2.05, 4.69) is 158 Å². The summed E-state index contributed by atoms with van der Waals surface area (Å²) in [5.74, 6) is 0. The van der Waals surface area contributed by atoms with Crippen molar-refractivity contribution in [2.75, 3.05) is 18.3 Å². The van der Waals surface area contributed by atoms with Gasteiger partial charge in [-0.2, -0.15) is 0 Å². The Morgan fingerprint density at radius 3 is 0.855 bits per heavy atom. The summed E-state index contributed by atoms with van der Waals surface area (Å²) in [6.07, 6.45) is 13.4. The summed E-state index contributed by atoms with van der Waals surface area (Å²) >= 11 is 0. The number of aryl methyl sites for hydroxylation is 4. The van der Waals surface area contributed by atoms with E-state index in [1.807, 2.05) is 85.5 Å². The van der Waals surface area contributed by atoms with E-state index in [0.29, 0.717) is 0 Å². The molecule has 0 saturated carbocycles. The van der Waals surface area contributed by atoms with Gasteiger partial charge in [0, 0.05) is 24.2 Å². The highest BCUT2D eigenvalue weighted by molar-refractivity contribution is 6.99. The minimum absolute atomic E-state index is 0.783. The number of anilines is 8. The number of pyridine rings is 7. The van der Waals surface area contributed by atoms with Crippen molar-refractivity contribution in [2.45, 2.75) is 27.7 Å². The van der Waals surface area contributed by atoms with Gasteiger partial charge < -0.3 is 18.3 Å². The molecule has 0 N–H and O–H groups in total. The number of nitrogens with zero attached hydrogens (tertiary/aromatic N) is 11. The maximum absolute atomic E-state index is 5.23. The van der Waals surface area contributed by atoms with Crippen LogP contribution < -0.4 is 18.3 Å². The summed E-state index contributed by atoms with van der Waals surface area (Å²) in [7, 11) is -3.91. The molecule has 12 heteroatoms. The molecule has 332 valence electrons. The fraction of sp³-hybridized carbons (Fsp3) is 0.0702. The molecule has 69 heavy (non-hydrogen) atoms. The van der Waals surface area contributed by atoms with E-state index in [-0.39, 0.29) is 0 Å². The molecular weight excluding hydrogens is 867 g/mol. The maximum Gasteiger partial charge on any atom is 0.522 e. The topological polar surface area (TPSA) is 103 Å². The van der Waals surface area contributed by atoms with Crippen LogP contribution in [0.15, 0.2) is 201 Å². The second kappa shape index (κ2) is 16.8. The van der Waals surface area contributed by atoms with Gasteiger partial charge in [0.15, 0.2) is 0 Å². The molecule has 0 bridgehead atoms. The third-order valence-electron chi connectivity index (χ3n) is 13.2. The van der Waals surface area contributed by atoms with Gasteiger partial charge in [-0.25, -0.2) is 0 Å². The van der Waals surface area contributed by atoms with Crippen molar-refractivity contribution in [3.8, 4) is 45.4 Å². The largest absolute Gasteiger partial charge is 0.522 e. The maximum atomic E-state index is 5.23. The van der Waals surface area contributed by atoms with Gasteiger partial charge in [-0.1, -0.05) is 48.5 Å². The number of benzene rings is 3. The summed E-state index contributed by atoms with van der Waals surface area (Å²) in [5, 5.41) is 0. The highest BCUT2D eigenvalue weighted by Crippen LogP contribution is 2.62. The monoisotopic (exact) mass is 911 g/mol. The Balaban J connectivity index is 1.19. The van der Waals surface area contributed by atoms with Crippen molar-refractivity contribution in [3.63, 3.8) is 0 Å². The first kappa shape index (κ1) is 41.6. The van der Waals surface area contributed by atoms with Gasteiger partial charge in [-0.3, -0.25) is 34.9 Å². The smallest absolute Gasteiger partial charge is 0.312 e. The lowest BCUT2D eigenvalue weighted by Gasteiger charge is -2.49. The third kappa shape index (κ3) is 6.91. The molecule has 2 aliphatic rings. The fourth-order valence-corrected chi connectivity index (χ4v) is 14.8. The molecule has 0 saturated heterocycles. The van der Waals surface area contributed by atoms with Crippen molar-refractivity contribution in [2.24, 2.45) is 0 Å². The molecule has 0 unspecified atom stereocenters. The lowest BCUT2D eigenvalue weighted by Crippen LogP contribution is -2.76. The Morgan fingerprint density at radius 2 is 0.580 bits per heavy atom. The summed E-state index contributed by atoms with van der Waals surface area (Å²) in [6.45, 7) is 8.76. The van der Waals surface area contributed by atoms with E-state index in [9.17, 15) is 0 Å². The lowest BCUT2D eigenvalue weighted by atomic mass is 10.1. The predicted octanol–water partition coefficient (Wildman–Crippen LogP) is 13.1. The average molecular weight is 912 g/mol. The molecule has 0 aliphatic carbocycles.